The third-order valence-corrected chi connectivity index (χ3v) is 4.84. The van der Waals surface area contributed by atoms with Gasteiger partial charge in [-0.2, -0.15) is 0 Å². The second-order valence-electron chi connectivity index (χ2n) is 6.79. The number of hydrogen-bond donors (Lipinski definition) is 1. The number of carbonyl (C=O) groups is 1. The lowest BCUT2D eigenvalue weighted by atomic mass is 10.0. The molecular formula is C19H31N3O3. The molecule has 1 aromatic rings. The molecule has 1 aromatic carbocycles. The number of anilines is 1. The number of ether oxygens (including phenoxy) is 2. The first-order valence-electron chi connectivity index (χ1n) is 8.86. The van der Waals surface area contributed by atoms with Gasteiger partial charge in [0.15, 0.2) is 0 Å². The molecule has 0 aliphatic carbocycles. The third kappa shape index (κ3) is 5.09. The molecule has 0 atom stereocenters. The van der Waals surface area contributed by atoms with Gasteiger partial charge in [0, 0.05) is 25.4 Å². The maximum absolute atomic E-state index is 12.9. The molecule has 0 saturated carbocycles. The molecule has 1 fully saturated rings. The van der Waals surface area contributed by atoms with Crippen molar-refractivity contribution in [3.63, 3.8) is 0 Å². The molecule has 2 rings (SSSR count). The maximum Gasteiger partial charge on any atom is 0.322 e. The Labute approximate surface area is 151 Å². The van der Waals surface area contributed by atoms with Gasteiger partial charge in [0.25, 0.3) is 0 Å². The first-order chi connectivity index (χ1) is 12.0. The smallest absolute Gasteiger partial charge is 0.322 e. The normalized spacial score (nSPS) is 15.9. The number of methoxy groups -OCH3 is 2. The van der Waals surface area contributed by atoms with Crippen LogP contribution in [0.1, 0.15) is 24.0 Å². The lowest BCUT2D eigenvalue weighted by molar-refractivity contribution is 0.108. The molecule has 1 heterocycles. The highest BCUT2D eigenvalue weighted by Gasteiger charge is 2.27. The van der Waals surface area contributed by atoms with Crippen LogP contribution in [-0.4, -0.2) is 69.4 Å². The predicted molar refractivity (Wildman–Crippen MR) is 101 cm³/mol. The SMILES string of the molecule is COCCN(C(=O)Nc1cc(C)c(OC)c(C)c1)C1CCN(C)CC1. The van der Waals surface area contributed by atoms with E-state index in [-0.39, 0.29) is 12.1 Å². The van der Waals surface area contributed by atoms with Crippen LogP contribution in [0.5, 0.6) is 5.75 Å². The van der Waals surface area contributed by atoms with Gasteiger partial charge in [-0.05, 0) is 70.1 Å². The molecule has 140 valence electrons. The number of hydrogen-bond acceptors (Lipinski definition) is 4. The highest BCUT2D eigenvalue weighted by Crippen LogP contribution is 2.27. The van der Waals surface area contributed by atoms with E-state index in [0.717, 1.165) is 48.5 Å². The quantitative estimate of drug-likeness (QED) is 0.858. The lowest BCUT2D eigenvalue weighted by Gasteiger charge is -2.37. The molecule has 0 spiro atoms. The summed E-state index contributed by atoms with van der Waals surface area (Å²) in [5.41, 5.74) is 2.83. The van der Waals surface area contributed by atoms with Crippen molar-refractivity contribution in [2.24, 2.45) is 0 Å². The minimum Gasteiger partial charge on any atom is -0.496 e. The summed E-state index contributed by atoms with van der Waals surface area (Å²) < 4.78 is 10.6. The van der Waals surface area contributed by atoms with Gasteiger partial charge in [-0.1, -0.05) is 0 Å². The van der Waals surface area contributed by atoms with Gasteiger partial charge in [0.05, 0.1) is 13.7 Å². The molecule has 0 bridgehead atoms. The van der Waals surface area contributed by atoms with E-state index in [1.54, 1.807) is 14.2 Å². The summed E-state index contributed by atoms with van der Waals surface area (Å²) in [6.07, 6.45) is 1.99. The molecule has 6 heteroatoms. The van der Waals surface area contributed by atoms with E-state index >= 15 is 0 Å². The predicted octanol–water partition coefficient (Wildman–Crippen LogP) is 2.89. The van der Waals surface area contributed by atoms with E-state index < -0.39 is 0 Å². The third-order valence-electron chi connectivity index (χ3n) is 4.84. The Bertz CT molecular complexity index is 560. The van der Waals surface area contributed by atoms with Crippen molar-refractivity contribution in [1.29, 1.82) is 0 Å². The topological polar surface area (TPSA) is 54.0 Å². The van der Waals surface area contributed by atoms with Crippen LogP contribution >= 0.6 is 0 Å². The number of carbonyl (C=O) groups excluding carboxylic acids is 1. The number of nitrogens with one attached hydrogen (secondary N) is 1. The van der Waals surface area contributed by atoms with E-state index in [4.69, 9.17) is 9.47 Å². The van der Waals surface area contributed by atoms with E-state index in [0.29, 0.717) is 13.2 Å². The molecule has 2 amide bonds. The Morgan fingerprint density at radius 1 is 1.24 bits per heavy atom. The van der Waals surface area contributed by atoms with Gasteiger partial charge in [-0.15, -0.1) is 0 Å². The molecular weight excluding hydrogens is 318 g/mol. The fourth-order valence-electron chi connectivity index (χ4n) is 3.49. The molecule has 0 aromatic heterocycles. The highest BCUT2D eigenvalue weighted by molar-refractivity contribution is 5.90. The standard InChI is InChI=1S/C19H31N3O3/c1-14-12-16(13-15(2)18(14)25-5)20-19(23)22(10-11-24-4)17-6-8-21(3)9-7-17/h12-13,17H,6-11H2,1-5H3,(H,20,23). The number of benzene rings is 1. The van der Waals surface area contributed by atoms with E-state index in [2.05, 4.69) is 17.3 Å². The van der Waals surface area contributed by atoms with Crippen LogP contribution in [-0.2, 0) is 4.74 Å². The molecule has 1 aliphatic rings. The average Bonchev–Trinajstić information content (AvgIpc) is 2.56. The van der Waals surface area contributed by atoms with Crippen LogP contribution in [0.15, 0.2) is 12.1 Å². The molecule has 25 heavy (non-hydrogen) atoms. The van der Waals surface area contributed by atoms with Crippen molar-refractivity contribution < 1.29 is 14.3 Å². The fourth-order valence-corrected chi connectivity index (χ4v) is 3.49. The van der Waals surface area contributed by atoms with Gasteiger partial charge in [-0.25, -0.2) is 4.79 Å². The molecule has 6 nitrogen and oxygen atoms in total. The van der Waals surface area contributed by atoms with Crippen molar-refractivity contribution in [2.75, 3.05) is 52.8 Å². The first kappa shape index (κ1) is 19.5. The second-order valence-corrected chi connectivity index (χ2v) is 6.79. The van der Waals surface area contributed by atoms with Crippen LogP contribution in [0.4, 0.5) is 10.5 Å². The fraction of sp³-hybridized carbons (Fsp3) is 0.632. The summed E-state index contributed by atoms with van der Waals surface area (Å²) in [7, 11) is 5.46. The summed E-state index contributed by atoms with van der Waals surface area (Å²) >= 11 is 0. The number of aryl methyl sites for hydroxylation is 2. The molecule has 0 unspecified atom stereocenters. The van der Waals surface area contributed by atoms with Gasteiger partial charge in [0.1, 0.15) is 5.75 Å². The monoisotopic (exact) mass is 349 g/mol. The first-order valence-corrected chi connectivity index (χ1v) is 8.86. The van der Waals surface area contributed by atoms with Crippen molar-refractivity contribution in [3.8, 4) is 5.75 Å². The Morgan fingerprint density at radius 2 is 1.84 bits per heavy atom. The Hall–Kier alpha value is -1.79. The van der Waals surface area contributed by atoms with Gasteiger partial charge >= 0.3 is 6.03 Å². The number of likely N-dealkylation sites (tertiary alicyclic amines) is 1. The number of nitrogens with zero attached hydrogens (tertiary/aromatic N) is 2. The number of urea groups is 1. The van der Waals surface area contributed by atoms with Crippen molar-refractivity contribution in [2.45, 2.75) is 32.7 Å². The van der Waals surface area contributed by atoms with Crippen LogP contribution in [0.25, 0.3) is 0 Å². The summed E-state index contributed by atoms with van der Waals surface area (Å²) in [5, 5.41) is 3.05. The highest BCUT2D eigenvalue weighted by atomic mass is 16.5. The zero-order chi connectivity index (χ0) is 18.4. The van der Waals surface area contributed by atoms with Crippen LogP contribution < -0.4 is 10.1 Å². The van der Waals surface area contributed by atoms with Crippen LogP contribution in [0.3, 0.4) is 0 Å². The summed E-state index contributed by atoms with van der Waals surface area (Å²) in [5.74, 6) is 0.865. The molecule has 1 aliphatic heterocycles. The molecule has 0 radical (unpaired) electrons. The average molecular weight is 349 g/mol. The Balaban J connectivity index is 2.11. The van der Waals surface area contributed by atoms with Gasteiger partial charge in [0.2, 0.25) is 0 Å². The lowest BCUT2D eigenvalue weighted by Crippen LogP contribution is -2.49. The molecule has 1 N–H and O–H groups in total. The second kappa shape index (κ2) is 9.06. The summed E-state index contributed by atoms with van der Waals surface area (Å²) in [4.78, 5) is 17.1. The Kier molecular flexibility index (Phi) is 7.08. The number of rotatable bonds is 6. The summed E-state index contributed by atoms with van der Waals surface area (Å²) in [6.45, 7) is 7.15. The maximum atomic E-state index is 12.9. The van der Waals surface area contributed by atoms with E-state index in [1.807, 2.05) is 30.9 Å². The van der Waals surface area contributed by atoms with Crippen molar-refractivity contribution in [3.05, 3.63) is 23.3 Å². The molecule has 1 saturated heterocycles. The van der Waals surface area contributed by atoms with Gasteiger partial charge < -0.3 is 24.6 Å². The van der Waals surface area contributed by atoms with Gasteiger partial charge in [-0.3, -0.25) is 0 Å². The Morgan fingerprint density at radius 3 is 2.36 bits per heavy atom. The zero-order valence-corrected chi connectivity index (χ0v) is 16.1. The van der Waals surface area contributed by atoms with Crippen LogP contribution in [0, 0.1) is 13.8 Å². The number of piperidine rings is 1. The minimum atomic E-state index is -0.0597. The van der Waals surface area contributed by atoms with Crippen LogP contribution in [0.2, 0.25) is 0 Å². The number of amides is 2. The zero-order valence-electron chi connectivity index (χ0n) is 16.1. The van der Waals surface area contributed by atoms with Crippen molar-refractivity contribution in [1.82, 2.24) is 9.80 Å². The van der Waals surface area contributed by atoms with E-state index in [9.17, 15) is 4.79 Å². The van der Waals surface area contributed by atoms with Crippen molar-refractivity contribution >= 4 is 11.7 Å². The minimum absolute atomic E-state index is 0.0597. The van der Waals surface area contributed by atoms with E-state index in [1.165, 1.54) is 0 Å². The largest absolute Gasteiger partial charge is 0.496 e. The summed E-state index contributed by atoms with van der Waals surface area (Å²) in [6, 6.07) is 4.10.